The van der Waals surface area contributed by atoms with Crippen molar-refractivity contribution in [1.82, 2.24) is 24.8 Å². The van der Waals surface area contributed by atoms with Crippen molar-refractivity contribution in [2.75, 3.05) is 43.0 Å². The lowest BCUT2D eigenvalue weighted by molar-refractivity contribution is -0.130. The third kappa shape index (κ3) is 5.44. The van der Waals surface area contributed by atoms with Gasteiger partial charge in [-0.25, -0.2) is 9.69 Å². The molecule has 34 heavy (non-hydrogen) atoms. The summed E-state index contributed by atoms with van der Waals surface area (Å²) in [6, 6.07) is 8.40. The largest absolute Gasteiger partial charge is 0.447 e. The zero-order valence-corrected chi connectivity index (χ0v) is 20.3. The van der Waals surface area contributed by atoms with Crippen LogP contribution in [-0.2, 0) is 16.1 Å². The highest BCUT2D eigenvalue weighted by molar-refractivity contribution is 5.88. The Labute approximate surface area is 200 Å². The number of hydrogen-bond donors (Lipinski definition) is 1. The van der Waals surface area contributed by atoms with Crippen LogP contribution in [0.5, 0.6) is 0 Å². The van der Waals surface area contributed by atoms with Gasteiger partial charge in [0.1, 0.15) is 12.4 Å². The van der Waals surface area contributed by atoms with Crippen LogP contribution in [0.15, 0.2) is 24.3 Å². The van der Waals surface area contributed by atoms with E-state index < -0.39 is 6.09 Å². The molecule has 2 amide bonds. The van der Waals surface area contributed by atoms with Gasteiger partial charge in [0.2, 0.25) is 17.8 Å². The standard InChI is InChI=1S/C24H33N7O3/c1-5-21-15-34-24(33)31(21)23-27-17(3)26-22(28-23)25-16(2)20-8-6-19(7-9-20)14-29-10-12-30(13-11-29)18(4)32/h6-9,16,21H,5,10-15H2,1-4H3,(H,25,26,27,28)/t16?,21-/m0/s1. The molecular weight excluding hydrogens is 434 g/mol. The zero-order chi connectivity index (χ0) is 24.2. The number of nitrogens with one attached hydrogen (secondary N) is 1. The second-order valence-electron chi connectivity index (χ2n) is 8.91. The lowest BCUT2D eigenvalue weighted by atomic mass is 10.1. The summed E-state index contributed by atoms with van der Waals surface area (Å²) in [6.07, 6.45) is 0.337. The molecule has 2 saturated heterocycles. The van der Waals surface area contributed by atoms with Crippen LogP contribution in [0.25, 0.3) is 0 Å². The number of aryl methyl sites for hydroxylation is 1. The second kappa shape index (κ2) is 10.3. The predicted molar refractivity (Wildman–Crippen MR) is 128 cm³/mol. The molecular formula is C24H33N7O3. The predicted octanol–water partition coefficient (Wildman–Crippen LogP) is 2.75. The van der Waals surface area contributed by atoms with E-state index in [1.165, 1.54) is 10.5 Å². The van der Waals surface area contributed by atoms with Gasteiger partial charge in [-0.05, 0) is 31.4 Å². The van der Waals surface area contributed by atoms with Crippen LogP contribution in [0, 0.1) is 6.92 Å². The second-order valence-corrected chi connectivity index (χ2v) is 8.91. The van der Waals surface area contributed by atoms with E-state index in [2.05, 4.69) is 49.4 Å². The van der Waals surface area contributed by atoms with Crippen LogP contribution in [-0.4, -0.2) is 75.6 Å². The first kappa shape index (κ1) is 23.9. The Morgan fingerprint density at radius 2 is 1.85 bits per heavy atom. The van der Waals surface area contributed by atoms with E-state index in [1.54, 1.807) is 13.8 Å². The number of nitrogens with zero attached hydrogens (tertiary/aromatic N) is 6. The number of ether oxygens (including phenoxy) is 1. The first-order chi connectivity index (χ1) is 16.3. The highest BCUT2D eigenvalue weighted by Gasteiger charge is 2.35. The van der Waals surface area contributed by atoms with Crippen molar-refractivity contribution < 1.29 is 14.3 Å². The van der Waals surface area contributed by atoms with Crippen LogP contribution in [0.1, 0.15) is 50.2 Å². The highest BCUT2D eigenvalue weighted by atomic mass is 16.6. The Hall–Kier alpha value is -3.27. The van der Waals surface area contributed by atoms with Crippen LogP contribution in [0.2, 0.25) is 0 Å². The van der Waals surface area contributed by atoms with Crippen molar-refractivity contribution in [3.05, 3.63) is 41.2 Å². The molecule has 2 aliphatic heterocycles. The lowest BCUT2D eigenvalue weighted by Gasteiger charge is -2.34. The molecule has 1 N–H and O–H groups in total. The van der Waals surface area contributed by atoms with E-state index in [4.69, 9.17) is 4.74 Å². The molecule has 2 fully saturated rings. The molecule has 4 rings (SSSR count). The molecule has 3 heterocycles. The molecule has 0 radical (unpaired) electrons. The molecule has 0 bridgehead atoms. The quantitative estimate of drug-likeness (QED) is 0.663. The van der Waals surface area contributed by atoms with Crippen LogP contribution >= 0.6 is 0 Å². The van der Waals surface area contributed by atoms with Crippen molar-refractivity contribution in [1.29, 1.82) is 0 Å². The van der Waals surface area contributed by atoms with Crippen LogP contribution in [0.3, 0.4) is 0 Å². The average molecular weight is 468 g/mol. The van der Waals surface area contributed by atoms with E-state index in [0.29, 0.717) is 24.3 Å². The number of cyclic esters (lactones) is 1. The summed E-state index contributed by atoms with van der Waals surface area (Å²) in [5, 5.41) is 3.34. The minimum atomic E-state index is -0.422. The van der Waals surface area contributed by atoms with Gasteiger partial charge in [0.25, 0.3) is 0 Å². The molecule has 1 unspecified atom stereocenters. The fourth-order valence-electron chi connectivity index (χ4n) is 4.31. The molecule has 1 aromatic heterocycles. The Balaban J connectivity index is 1.38. The maximum Gasteiger partial charge on any atom is 0.417 e. The van der Waals surface area contributed by atoms with Gasteiger partial charge in [0.05, 0.1) is 12.1 Å². The summed E-state index contributed by atoms with van der Waals surface area (Å²) in [5.74, 6) is 1.43. The fourth-order valence-corrected chi connectivity index (χ4v) is 4.31. The lowest BCUT2D eigenvalue weighted by Crippen LogP contribution is -2.47. The number of piperazine rings is 1. The fraction of sp³-hybridized carbons (Fsp3) is 0.542. The Kier molecular flexibility index (Phi) is 7.26. The molecule has 0 saturated carbocycles. The van der Waals surface area contributed by atoms with Gasteiger partial charge in [0, 0.05) is 39.6 Å². The molecule has 10 heteroatoms. The van der Waals surface area contributed by atoms with Crippen molar-refractivity contribution in [2.24, 2.45) is 0 Å². The Morgan fingerprint density at radius 3 is 2.50 bits per heavy atom. The monoisotopic (exact) mass is 467 g/mol. The minimum absolute atomic E-state index is 0.0321. The molecule has 0 spiro atoms. The number of carbonyl (C=O) groups is 2. The summed E-state index contributed by atoms with van der Waals surface area (Å²) in [7, 11) is 0. The van der Waals surface area contributed by atoms with Crippen molar-refractivity contribution in [3.8, 4) is 0 Å². The molecule has 0 aliphatic carbocycles. The number of rotatable bonds is 7. The van der Waals surface area contributed by atoms with Gasteiger partial charge in [0.15, 0.2) is 0 Å². The SMILES string of the molecule is CC[C@H]1COC(=O)N1c1nc(C)nc(NC(C)c2ccc(CN3CCN(C(C)=O)CC3)cc2)n1. The number of aromatic nitrogens is 3. The summed E-state index contributed by atoms with van der Waals surface area (Å²) in [6.45, 7) is 12.0. The van der Waals surface area contributed by atoms with E-state index in [9.17, 15) is 9.59 Å². The number of anilines is 2. The molecule has 10 nitrogen and oxygen atoms in total. The molecule has 2 aromatic rings. The van der Waals surface area contributed by atoms with Gasteiger partial charge >= 0.3 is 6.09 Å². The summed E-state index contributed by atoms with van der Waals surface area (Å²) in [5.41, 5.74) is 2.35. The number of carbonyl (C=O) groups excluding carboxylic acids is 2. The maximum absolute atomic E-state index is 12.2. The van der Waals surface area contributed by atoms with Crippen molar-refractivity contribution in [3.63, 3.8) is 0 Å². The smallest absolute Gasteiger partial charge is 0.417 e. The molecule has 1 aromatic carbocycles. The Morgan fingerprint density at radius 1 is 1.15 bits per heavy atom. The third-order valence-corrected chi connectivity index (χ3v) is 6.43. The van der Waals surface area contributed by atoms with Gasteiger partial charge in [-0.1, -0.05) is 31.2 Å². The summed E-state index contributed by atoms with van der Waals surface area (Å²) < 4.78 is 5.18. The minimum Gasteiger partial charge on any atom is -0.447 e. The number of hydrogen-bond acceptors (Lipinski definition) is 8. The Bertz CT molecular complexity index is 1020. The van der Waals surface area contributed by atoms with E-state index in [1.807, 2.05) is 18.7 Å². The van der Waals surface area contributed by atoms with E-state index in [0.717, 1.165) is 44.7 Å². The van der Waals surface area contributed by atoms with E-state index in [-0.39, 0.29) is 18.0 Å². The van der Waals surface area contributed by atoms with Crippen LogP contribution in [0.4, 0.5) is 16.7 Å². The average Bonchev–Trinajstić information content (AvgIpc) is 3.20. The summed E-state index contributed by atoms with van der Waals surface area (Å²) in [4.78, 5) is 42.8. The summed E-state index contributed by atoms with van der Waals surface area (Å²) >= 11 is 0. The maximum atomic E-state index is 12.2. The number of benzene rings is 1. The molecule has 2 aliphatic rings. The zero-order valence-electron chi connectivity index (χ0n) is 20.3. The van der Waals surface area contributed by atoms with E-state index >= 15 is 0 Å². The molecule has 182 valence electrons. The van der Waals surface area contributed by atoms with Gasteiger partial charge < -0.3 is 15.0 Å². The van der Waals surface area contributed by atoms with Gasteiger partial charge in [-0.15, -0.1) is 0 Å². The third-order valence-electron chi connectivity index (χ3n) is 6.43. The van der Waals surface area contributed by atoms with Crippen molar-refractivity contribution >= 4 is 23.9 Å². The van der Waals surface area contributed by atoms with Gasteiger partial charge in [-0.2, -0.15) is 15.0 Å². The highest BCUT2D eigenvalue weighted by Crippen LogP contribution is 2.24. The van der Waals surface area contributed by atoms with Crippen molar-refractivity contribution in [2.45, 2.75) is 52.7 Å². The normalized spacial score (nSPS) is 19.8. The first-order valence-electron chi connectivity index (χ1n) is 11.9. The first-order valence-corrected chi connectivity index (χ1v) is 11.9. The topological polar surface area (TPSA) is 104 Å². The van der Waals surface area contributed by atoms with Crippen LogP contribution < -0.4 is 10.2 Å². The van der Waals surface area contributed by atoms with Gasteiger partial charge in [-0.3, -0.25) is 9.69 Å². The molecule has 2 atom stereocenters. The number of amides is 2.